The molecule has 2 atom stereocenters. The number of nitriles is 1. The largest absolute Gasteiger partial charge is 0.474 e. The van der Waals surface area contributed by atoms with Gasteiger partial charge in [0.05, 0.1) is 11.7 Å². The number of ether oxygens (including phenoxy) is 2. The third-order valence-electron chi connectivity index (χ3n) is 3.06. The van der Waals surface area contributed by atoms with Crippen LogP contribution in [0.1, 0.15) is 31.2 Å². The predicted octanol–water partition coefficient (Wildman–Crippen LogP) is 2.29. The smallest absolute Gasteiger partial charge is 0.213 e. The standard InChI is InChI=1S/C13H16N2O2/c1-16-11-3-2-4-12(7-11)17-13-6-5-10(8-14)9-15-13/h5-6,9,11-12H,2-4,7H2,1H3. The lowest BCUT2D eigenvalue weighted by molar-refractivity contribution is 0.0195. The van der Waals surface area contributed by atoms with Crippen molar-refractivity contribution >= 4 is 0 Å². The maximum atomic E-state index is 8.67. The van der Waals surface area contributed by atoms with Crippen molar-refractivity contribution in [1.29, 1.82) is 5.26 Å². The molecule has 0 aliphatic heterocycles. The van der Waals surface area contributed by atoms with E-state index < -0.39 is 0 Å². The SMILES string of the molecule is COC1CCCC(Oc2ccc(C#N)cn2)C1. The van der Waals surface area contributed by atoms with Crippen molar-refractivity contribution in [2.75, 3.05) is 7.11 Å². The first-order chi connectivity index (χ1) is 8.31. The van der Waals surface area contributed by atoms with Crippen LogP contribution in [-0.4, -0.2) is 24.3 Å². The molecular formula is C13H16N2O2. The molecule has 0 saturated heterocycles. The van der Waals surface area contributed by atoms with Gasteiger partial charge < -0.3 is 9.47 Å². The number of aromatic nitrogens is 1. The van der Waals surface area contributed by atoms with Gasteiger partial charge in [0.1, 0.15) is 12.2 Å². The van der Waals surface area contributed by atoms with E-state index in [9.17, 15) is 0 Å². The molecule has 4 heteroatoms. The monoisotopic (exact) mass is 232 g/mol. The summed E-state index contributed by atoms with van der Waals surface area (Å²) in [5, 5.41) is 8.67. The van der Waals surface area contributed by atoms with Gasteiger partial charge in [0.2, 0.25) is 5.88 Å². The summed E-state index contributed by atoms with van der Waals surface area (Å²) < 4.78 is 11.1. The molecule has 1 heterocycles. The van der Waals surface area contributed by atoms with Crippen LogP contribution in [0.25, 0.3) is 0 Å². The minimum absolute atomic E-state index is 0.175. The number of pyridine rings is 1. The van der Waals surface area contributed by atoms with Gasteiger partial charge in [-0.05, 0) is 25.3 Å². The maximum absolute atomic E-state index is 8.67. The number of hydrogen-bond acceptors (Lipinski definition) is 4. The van der Waals surface area contributed by atoms with Gasteiger partial charge in [0, 0.05) is 25.8 Å². The van der Waals surface area contributed by atoms with E-state index in [1.54, 1.807) is 19.2 Å². The van der Waals surface area contributed by atoms with E-state index in [1.165, 1.54) is 6.20 Å². The molecule has 1 aromatic rings. The van der Waals surface area contributed by atoms with Crippen molar-refractivity contribution < 1.29 is 9.47 Å². The average molecular weight is 232 g/mol. The lowest BCUT2D eigenvalue weighted by Gasteiger charge is -2.28. The second-order valence-electron chi connectivity index (χ2n) is 4.26. The van der Waals surface area contributed by atoms with Crippen LogP contribution >= 0.6 is 0 Å². The first-order valence-corrected chi connectivity index (χ1v) is 5.87. The topological polar surface area (TPSA) is 55.1 Å². The molecule has 0 N–H and O–H groups in total. The van der Waals surface area contributed by atoms with Crippen LogP contribution in [0.15, 0.2) is 18.3 Å². The van der Waals surface area contributed by atoms with Gasteiger partial charge in [0.15, 0.2) is 0 Å². The third kappa shape index (κ3) is 3.18. The summed E-state index contributed by atoms with van der Waals surface area (Å²) >= 11 is 0. The molecule has 1 aliphatic rings. The van der Waals surface area contributed by atoms with Gasteiger partial charge in [-0.15, -0.1) is 0 Å². The zero-order valence-corrected chi connectivity index (χ0v) is 9.93. The minimum Gasteiger partial charge on any atom is -0.474 e. The van der Waals surface area contributed by atoms with Gasteiger partial charge >= 0.3 is 0 Å². The van der Waals surface area contributed by atoms with Crippen LogP contribution in [0.5, 0.6) is 5.88 Å². The summed E-state index contributed by atoms with van der Waals surface area (Å²) in [4.78, 5) is 4.11. The first kappa shape index (κ1) is 11.9. The summed E-state index contributed by atoms with van der Waals surface area (Å²) in [7, 11) is 1.74. The van der Waals surface area contributed by atoms with Crippen LogP contribution in [0.3, 0.4) is 0 Å². The maximum Gasteiger partial charge on any atom is 0.213 e. The predicted molar refractivity (Wildman–Crippen MR) is 62.6 cm³/mol. The highest BCUT2D eigenvalue weighted by atomic mass is 16.5. The highest BCUT2D eigenvalue weighted by molar-refractivity contribution is 5.28. The van der Waals surface area contributed by atoms with E-state index >= 15 is 0 Å². The molecule has 1 aliphatic carbocycles. The Hall–Kier alpha value is -1.60. The summed E-state index contributed by atoms with van der Waals surface area (Å²) in [6, 6.07) is 5.50. The molecule has 0 radical (unpaired) electrons. The fourth-order valence-corrected chi connectivity index (χ4v) is 2.11. The summed E-state index contributed by atoms with van der Waals surface area (Å²) in [6.07, 6.45) is 6.20. The van der Waals surface area contributed by atoms with Crippen molar-refractivity contribution in [3.8, 4) is 11.9 Å². The van der Waals surface area contributed by atoms with Crippen molar-refractivity contribution in [1.82, 2.24) is 4.98 Å². The third-order valence-corrected chi connectivity index (χ3v) is 3.06. The molecule has 0 spiro atoms. The second-order valence-corrected chi connectivity index (χ2v) is 4.26. The van der Waals surface area contributed by atoms with Gasteiger partial charge in [0.25, 0.3) is 0 Å². The quantitative estimate of drug-likeness (QED) is 0.802. The Morgan fingerprint density at radius 1 is 1.35 bits per heavy atom. The molecular weight excluding hydrogens is 216 g/mol. The molecule has 1 fully saturated rings. The average Bonchev–Trinajstić information content (AvgIpc) is 2.40. The second kappa shape index (κ2) is 5.65. The highest BCUT2D eigenvalue weighted by Gasteiger charge is 2.23. The summed E-state index contributed by atoms with van der Waals surface area (Å²) in [5.41, 5.74) is 0.552. The molecule has 2 rings (SSSR count). The van der Waals surface area contributed by atoms with Gasteiger partial charge in [-0.25, -0.2) is 4.98 Å². The van der Waals surface area contributed by atoms with Crippen molar-refractivity contribution in [2.45, 2.75) is 37.9 Å². The molecule has 0 bridgehead atoms. The number of nitrogens with zero attached hydrogens (tertiary/aromatic N) is 2. The van der Waals surface area contributed by atoms with Crippen molar-refractivity contribution in [2.24, 2.45) is 0 Å². The Balaban J connectivity index is 1.93. The zero-order valence-electron chi connectivity index (χ0n) is 9.93. The Labute approximate surface area is 101 Å². The number of methoxy groups -OCH3 is 1. The first-order valence-electron chi connectivity index (χ1n) is 5.87. The normalized spacial score (nSPS) is 24.0. The molecule has 2 unspecified atom stereocenters. The van der Waals surface area contributed by atoms with E-state index in [2.05, 4.69) is 4.98 Å². The van der Waals surface area contributed by atoms with Crippen molar-refractivity contribution in [3.63, 3.8) is 0 Å². The van der Waals surface area contributed by atoms with E-state index in [-0.39, 0.29) is 6.10 Å². The molecule has 17 heavy (non-hydrogen) atoms. The van der Waals surface area contributed by atoms with Crippen LogP contribution in [0.4, 0.5) is 0 Å². The fourth-order valence-electron chi connectivity index (χ4n) is 2.11. The van der Waals surface area contributed by atoms with E-state index in [4.69, 9.17) is 14.7 Å². The van der Waals surface area contributed by atoms with Crippen LogP contribution in [0.2, 0.25) is 0 Å². The molecule has 4 nitrogen and oxygen atoms in total. The summed E-state index contributed by atoms with van der Waals surface area (Å²) in [6.45, 7) is 0. The number of hydrogen-bond donors (Lipinski definition) is 0. The Bertz CT molecular complexity index is 397. The highest BCUT2D eigenvalue weighted by Crippen LogP contribution is 2.24. The van der Waals surface area contributed by atoms with Crippen LogP contribution < -0.4 is 4.74 Å². The Morgan fingerprint density at radius 2 is 2.18 bits per heavy atom. The molecule has 0 aromatic carbocycles. The Kier molecular flexibility index (Phi) is 3.94. The van der Waals surface area contributed by atoms with Gasteiger partial charge in [-0.2, -0.15) is 5.26 Å². The fraction of sp³-hybridized carbons (Fsp3) is 0.538. The van der Waals surface area contributed by atoms with E-state index in [0.29, 0.717) is 17.5 Å². The molecule has 0 amide bonds. The van der Waals surface area contributed by atoms with Crippen LogP contribution in [-0.2, 0) is 4.74 Å². The van der Waals surface area contributed by atoms with E-state index in [0.717, 1.165) is 25.7 Å². The molecule has 90 valence electrons. The minimum atomic E-state index is 0.175. The summed E-state index contributed by atoms with van der Waals surface area (Å²) in [5.74, 6) is 0.589. The van der Waals surface area contributed by atoms with Crippen LogP contribution in [0, 0.1) is 11.3 Å². The lowest BCUT2D eigenvalue weighted by atomic mass is 9.95. The molecule has 1 saturated carbocycles. The number of rotatable bonds is 3. The molecule has 1 aromatic heterocycles. The van der Waals surface area contributed by atoms with E-state index in [1.807, 2.05) is 6.07 Å². The van der Waals surface area contributed by atoms with Gasteiger partial charge in [-0.1, -0.05) is 0 Å². The zero-order chi connectivity index (χ0) is 12.1. The van der Waals surface area contributed by atoms with Gasteiger partial charge in [-0.3, -0.25) is 0 Å². The van der Waals surface area contributed by atoms with Crippen molar-refractivity contribution in [3.05, 3.63) is 23.9 Å². The lowest BCUT2D eigenvalue weighted by Crippen LogP contribution is -2.29. The Morgan fingerprint density at radius 3 is 2.82 bits per heavy atom.